The van der Waals surface area contributed by atoms with Crippen LogP contribution in [0.5, 0.6) is 0 Å². The molecular weight excluding hydrogens is 356 g/mol. The Morgan fingerprint density at radius 2 is 1.82 bits per heavy atom. The number of aliphatic hydroxyl groups is 1. The highest BCUT2D eigenvalue weighted by Crippen LogP contribution is 2.33. The summed E-state index contributed by atoms with van der Waals surface area (Å²) in [6, 6.07) is 15.1. The van der Waals surface area contributed by atoms with E-state index in [1.54, 1.807) is 6.07 Å². The van der Waals surface area contributed by atoms with E-state index in [9.17, 15) is 15.0 Å². The lowest BCUT2D eigenvalue weighted by molar-refractivity contribution is -0.146. The Labute approximate surface area is 163 Å². The molecule has 144 valence electrons. The lowest BCUT2D eigenvalue weighted by Crippen LogP contribution is -2.35. The van der Waals surface area contributed by atoms with E-state index in [0.29, 0.717) is 5.56 Å². The minimum Gasteiger partial charge on any atom is -0.479 e. The van der Waals surface area contributed by atoms with Gasteiger partial charge in [0.15, 0.2) is 6.10 Å². The summed E-state index contributed by atoms with van der Waals surface area (Å²) >= 11 is 0. The van der Waals surface area contributed by atoms with Crippen molar-refractivity contribution in [2.75, 3.05) is 26.3 Å². The third-order valence-corrected chi connectivity index (χ3v) is 5.11. The highest BCUT2D eigenvalue weighted by molar-refractivity contribution is 6.00. The molecule has 0 bridgehead atoms. The summed E-state index contributed by atoms with van der Waals surface area (Å²) in [7, 11) is 0. The SMILES string of the molecule is O=C(O)C(O)c1ccc(-c2ccc(CN3CCOCC3)nc2)c2ccccc12. The highest BCUT2D eigenvalue weighted by Gasteiger charge is 2.20. The van der Waals surface area contributed by atoms with Crippen LogP contribution >= 0.6 is 0 Å². The summed E-state index contributed by atoms with van der Waals surface area (Å²) in [5.74, 6) is -1.26. The summed E-state index contributed by atoms with van der Waals surface area (Å²) in [5, 5.41) is 20.8. The second kappa shape index (κ2) is 8.06. The molecule has 2 aromatic carbocycles. The second-order valence-electron chi connectivity index (χ2n) is 6.92. The fraction of sp³-hybridized carbons (Fsp3) is 0.273. The van der Waals surface area contributed by atoms with Crippen molar-refractivity contribution in [3.8, 4) is 11.1 Å². The summed E-state index contributed by atoms with van der Waals surface area (Å²) < 4.78 is 5.38. The van der Waals surface area contributed by atoms with Gasteiger partial charge in [-0.05, 0) is 28.0 Å². The van der Waals surface area contributed by atoms with Crippen LogP contribution in [0.15, 0.2) is 54.7 Å². The van der Waals surface area contributed by atoms with Crippen molar-refractivity contribution in [3.05, 3.63) is 66.0 Å². The minimum absolute atomic E-state index is 0.392. The lowest BCUT2D eigenvalue weighted by atomic mass is 9.93. The number of hydrogen-bond donors (Lipinski definition) is 2. The third-order valence-electron chi connectivity index (χ3n) is 5.11. The van der Waals surface area contributed by atoms with Crippen molar-refractivity contribution in [1.29, 1.82) is 0 Å². The molecule has 2 heterocycles. The first-order chi connectivity index (χ1) is 13.6. The molecule has 1 unspecified atom stereocenters. The Balaban J connectivity index is 1.65. The number of aliphatic carboxylic acids is 1. The van der Waals surface area contributed by atoms with E-state index in [1.807, 2.05) is 48.7 Å². The molecular formula is C22H22N2O4. The Morgan fingerprint density at radius 1 is 1.07 bits per heavy atom. The molecule has 1 aliphatic rings. The van der Waals surface area contributed by atoms with Crippen LogP contribution in [0.3, 0.4) is 0 Å². The molecule has 3 aromatic rings. The molecule has 1 aliphatic heterocycles. The monoisotopic (exact) mass is 378 g/mol. The number of benzene rings is 2. The van der Waals surface area contributed by atoms with Crippen molar-refractivity contribution >= 4 is 16.7 Å². The molecule has 0 aliphatic carbocycles. The maximum atomic E-state index is 11.2. The van der Waals surface area contributed by atoms with Crippen LogP contribution in [0, 0.1) is 0 Å². The molecule has 0 spiro atoms. The van der Waals surface area contributed by atoms with Crippen molar-refractivity contribution in [2.45, 2.75) is 12.6 Å². The predicted octanol–water partition coefficient (Wildman–Crippen LogP) is 2.85. The lowest BCUT2D eigenvalue weighted by Gasteiger charge is -2.26. The predicted molar refractivity (Wildman–Crippen MR) is 106 cm³/mol. The van der Waals surface area contributed by atoms with Gasteiger partial charge in [0.05, 0.1) is 18.9 Å². The van der Waals surface area contributed by atoms with Gasteiger partial charge in [0.2, 0.25) is 0 Å². The Bertz CT molecular complexity index is 981. The molecule has 28 heavy (non-hydrogen) atoms. The van der Waals surface area contributed by atoms with E-state index in [1.165, 1.54) is 0 Å². The van der Waals surface area contributed by atoms with Gasteiger partial charge in [-0.15, -0.1) is 0 Å². The number of rotatable bonds is 5. The first-order valence-electron chi connectivity index (χ1n) is 9.31. The molecule has 0 saturated carbocycles. The van der Waals surface area contributed by atoms with E-state index in [-0.39, 0.29) is 0 Å². The van der Waals surface area contributed by atoms with E-state index in [4.69, 9.17) is 4.74 Å². The molecule has 0 amide bonds. The number of ether oxygens (including phenoxy) is 1. The number of carboxylic acids is 1. The van der Waals surface area contributed by atoms with Crippen molar-refractivity contribution in [1.82, 2.24) is 9.88 Å². The largest absolute Gasteiger partial charge is 0.479 e. The number of morpholine rings is 1. The average molecular weight is 378 g/mol. The number of carboxylic acid groups (broad SMARTS) is 1. The van der Waals surface area contributed by atoms with Gasteiger partial charge in [-0.25, -0.2) is 4.79 Å². The van der Waals surface area contributed by atoms with Crippen LogP contribution < -0.4 is 0 Å². The van der Waals surface area contributed by atoms with E-state index < -0.39 is 12.1 Å². The van der Waals surface area contributed by atoms with Crippen molar-refractivity contribution in [2.24, 2.45) is 0 Å². The van der Waals surface area contributed by atoms with Crippen molar-refractivity contribution < 1.29 is 19.7 Å². The number of fused-ring (bicyclic) bond motifs is 1. The van der Waals surface area contributed by atoms with Crippen LogP contribution in [-0.4, -0.2) is 52.4 Å². The van der Waals surface area contributed by atoms with Gasteiger partial charge in [-0.1, -0.05) is 42.5 Å². The standard InChI is InChI=1S/C22H22N2O4/c25-21(22(26)27)20-8-7-17(18-3-1-2-4-19(18)20)15-5-6-16(23-13-15)14-24-9-11-28-12-10-24/h1-8,13,21,25H,9-12,14H2,(H,26,27). The third kappa shape index (κ3) is 3.75. The Kier molecular flexibility index (Phi) is 5.34. The normalized spacial score (nSPS) is 16.2. The van der Waals surface area contributed by atoms with Crippen LogP contribution in [0.25, 0.3) is 21.9 Å². The molecule has 0 radical (unpaired) electrons. The van der Waals surface area contributed by atoms with Gasteiger partial charge in [0.25, 0.3) is 0 Å². The number of nitrogens with zero attached hydrogens (tertiary/aromatic N) is 2. The fourth-order valence-corrected chi connectivity index (χ4v) is 3.61. The second-order valence-corrected chi connectivity index (χ2v) is 6.92. The summed E-state index contributed by atoms with van der Waals surface area (Å²) in [6.07, 6.45) is 0.304. The van der Waals surface area contributed by atoms with Gasteiger partial charge in [-0.3, -0.25) is 9.88 Å². The molecule has 4 rings (SSSR count). The first-order valence-corrected chi connectivity index (χ1v) is 9.31. The quantitative estimate of drug-likeness (QED) is 0.710. The van der Waals surface area contributed by atoms with Crippen molar-refractivity contribution in [3.63, 3.8) is 0 Å². The van der Waals surface area contributed by atoms with Crippen LogP contribution in [0.2, 0.25) is 0 Å². The van der Waals surface area contributed by atoms with E-state index in [0.717, 1.165) is 60.4 Å². The summed E-state index contributed by atoms with van der Waals surface area (Å²) in [6.45, 7) is 4.16. The fourth-order valence-electron chi connectivity index (χ4n) is 3.61. The molecule has 1 saturated heterocycles. The number of carbonyl (C=O) groups is 1. The molecule has 2 N–H and O–H groups in total. The van der Waals surface area contributed by atoms with Gasteiger partial charge in [0, 0.05) is 31.4 Å². The highest BCUT2D eigenvalue weighted by atomic mass is 16.5. The van der Waals surface area contributed by atoms with Crippen LogP contribution in [0.1, 0.15) is 17.4 Å². The van der Waals surface area contributed by atoms with Gasteiger partial charge in [-0.2, -0.15) is 0 Å². The molecule has 6 heteroatoms. The molecule has 1 atom stereocenters. The Hall–Kier alpha value is -2.80. The van der Waals surface area contributed by atoms with Crippen LogP contribution in [0.4, 0.5) is 0 Å². The Morgan fingerprint density at radius 3 is 2.50 bits per heavy atom. The number of pyridine rings is 1. The smallest absolute Gasteiger partial charge is 0.337 e. The summed E-state index contributed by atoms with van der Waals surface area (Å²) in [4.78, 5) is 18.2. The average Bonchev–Trinajstić information content (AvgIpc) is 2.74. The summed E-state index contributed by atoms with van der Waals surface area (Å²) in [5.41, 5.74) is 3.32. The zero-order chi connectivity index (χ0) is 19.5. The number of aliphatic hydroxyl groups excluding tert-OH is 1. The maximum Gasteiger partial charge on any atom is 0.337 e. The first kappa shape index (κ1) is 18.6. The molecule has 1 fully saturated rings. The molecule has 6 nitrogen and oxygen atoms in total. The zero-order valence-electron chi connectivity index (χ0n) is 15.4. The maximum absolute atomic E-state index is 11.2. The van der Waals surface area contributed by atoms with E-state index in [2.05, 4.69) is 9.88 Å². The number of hydrogen-bond acceptors (Lipinski definition) is 5. The van der Waals surface area contributed by atoms with Crippen LogP contribution in [-0.2, 0) is 16.1 Å². The van der Waals surface area contributed by atoms with Gasteiger partial charge in [0.1, 0.15) is 0 Å². The topological polar surface area (TPSA) is 82.9 Å². The number of aromatic nitrogens is 1. The minimum atomic E-state index is -1.55. The zero-order valence-corrected chi connectivity index (χ0v) is 15.4. The van der Waals surface area contributed by atoms with Gasteiger partial charge < -0.3 is 14.9 Å². The van der Waals surface area contributed by atoms with E-state index >= 15 is 0 Å². The molecule has 1 aromatic heterocycles. The van der Waals surface area contributed by atoms with Gasteiger partial charge >= 0.3 is 5.97 Å².